The lowest BCUT2D eigenvalue weighted by molar-refractivity contribution is 0.575. The highest BCUT2D eigenvalue weighted by Crippen LogP contribution is 2.23. The Balaban J connectivity index is 2.22. The molecule has 0 radical (unpaired) electrons. The van der Waals surface area contributed by atoms with Crippen LogP contribution in [0.5, 0.6) is 0 Å². The standard InChI is InChI=1S/C15H18ClN/c1-12(17-11-5-10-16)14-9-4-7-13-6-2-3-8-15(13)14/h2-4,6-9,12,17H,5,10-11H2,1H3. The molecule has 1 atom stereocenters. The Morgan fingerprint density at radius 2 is 1.88 bits per heavy atom. The average Bonchev–Trinajstić information content (AvgIpc) is 2.38. The van der Waals surface area contributed by atoms with Crippen molar-refractivity contribution in [1.82, 2.24) is 5.32 Å². The minimum atomic E-state index is 0.365. The molecule has 0 aromatic heterocycles. The van der Waals surface area contributed by atoms with Crippen LogP contribution in [0.3, 0.4) is 0 Å². The van der Waals surface area contributed by atoms with Crippen molar-refractivity contribution < 1.29 is 0 Å². The summed E-state index contributed by atoms with van der Waals surface area (Å²) in [7, 11) is 0. The first-order chi connectivity index (χ1) is 8.33. The molecular formula is C15H18ClN. The number of hydrogen-bond acceptors (Lipinski definition) is 1. The van der Waals surface area contributed by atoms with Crippen molar-refractivity contribution >= 4 is 22.4 Å². The van der Waals surface area contributed by atoms with E-state index in [1.165, 1.54) is 16.3 Å². The SMILES string of the molecule is CC(NCCCCl)c1cccc2ccccc12. The topological polar surface area (TPSA) is 12.0 Å². The van der Waals surface area contributed by atoms with Crippen LogP contribution >= 0.6 is 11.6 Å². The summed E-state index contributed by atoms with van der Waals surface area (Å²) in [6, 6.07) is 15.4. The van der Waals surface area contributed by atoms with Gasteiger partial charge in [-0.15, -0.1) is 11.6 Å². The monoisotopic (exact) mass is 247 g/mol. The molecule has 2 heteroatoms. The van der Waals surface area contributed by atoms with Crippen molar-refractivity contribution in [3.05, 3.63) is 48.0 Å². The van der Waals surface area contributed by atoms with Crippen LogP contribution in [0.2, 0.25) is 0 Å². The molecular weight excluding hydrogens is 230 g/mol. The largest absolute Gasteiger partial charge is 0.310 e. The molecule has 2 aromatic carbocycles. The number of benzene rings is 2. The van der Waals surface area contributed by atoms with Gasteiger partial charge in [0.1, 0.15) is 0 Å². The van der Waals surface area contributed by atoms with Crippen molar-refractivity contribution in [1.29, 1.82) is 0 Å². The molecule has 17 heavy (non-hydrogen) atoms. The Labute approximate surface area is 108 Å². The van der Waals surface area contributed by atoms with Crippen molar-refractivity contribution in [3.8, 4) is 0 Å². The molecule has 1 unspecified atom stereocenters. The van der Waals surface area contributed by atoms with Crippen LogP contribution in [0, 0.1) is 0 Å². The quantitative estimate of drug-likeness (QED) is 0.619. The van der Waals surface area contributed by atoms with Crippen LogP contribution in [0.25, 0.3) is 10.8 Å². The lowest BCUT2D eigenvalue weighted by Gasteiger charge is -2.16. The summed E-state index contributed by atoms with van der Waals surface area (Å²) in [6.07, 6.45) is 1.01. The van der Waals surface area contributed by atoms with Gasteiger partial charge in [-0.25, -0.2) is 0 Å². The Bertz CT molecular complexity index is 476. The zero-order valence-corrected chi connectivity index (χ0v) is 10.9. The fourth-order valence-corrected chi connectivity index (χ4v) is 2.26. The van der Waals surface area contributed by atoms with Crippen molar-refractivity contribution in [2.45, 2.75) is 19.4 Å². The molecule has 0 spiro atoms. The van der Waals surface area contributed by atoms with Gasteiger partial charge < -0.3 is 5.32 Å². The summed E-state index contributed by atoms with van der Waals surface area (Å²) >= 11 is 5.69. The van der Waals surface area contributed by atoms with Gasteiger partial charge in [-0.05, 0) is 36.2 Å². The number of fused-ring (bicyclic) bond motifs is 1. The Morgan fingerprint density at radius 3 is 2.71 bits per heavy atom. The first-order valence-corrected chi connectivity index (χ1v) is 6.63. The summed E-state index contributed by atoms with van der Waals surface area (Å²) in [5, 5.41) is 6.14. The molecule has 90 valence electrons. The average molecular weight is 248 g/mol. The fourth-order valence-electron chi connectivity index (χ4n) is 2.12. The molecule has 1 N–H and O–H groups in total. The molecule has 0 aliphatic carbocycles. The third kappa shape index (κ3) is 2.99. The molecule has 0 saturated heterocycles. The predicted molar refractivity (Wildman–Crippen MR) is 75.7 cm³/mol. The van der Waals surface area contributed by atoms with E-state index in [-0.39, 0.29) is 0 Å². The number of hydrogen-bond donors (Lipinski definition) is 1. The second kappa shape index (κ2) is 6.04. The molecule has 0 aliphatic heterocycles. The van der Waals surface area contributed by atoms with Crippen LogP contribution < -0.4 is 5.32 Å². The second-order valence-corrected chi connectivity index (χ2v) is 4.66. The van der Waals surface area contributed by atoms with Crippen molar-refractivity contribution in [3.63, 3.8) is 0 Å². The number of alkyl halides is 1. The Hall–Kier alpha value is -1.05. The maximum absolute atomic E-state index is 5.69. The maximum atomic E-state index is 5.69. The zero-order valence-electron chi connectivity index (χ0n) is 10.1. The van der Waals surface area contributed by atoms with Crippen LogP contribution in [0.4, 0.5) is 0 Å². The normalized spacial score (nSPS) is 12.8. The minimum Gasteiger partial charge on any atom is -0.310 e. The molecule has 0 amide bonds. The van der Waals surface area contributed by atoms with E-state index >= 15 is 0 Å². The molecule has 0 bridgehead atoms. The van der Waals surface area contributed by atoms with Crippen molar-refractivity contribution in [2.24, 2.45) is 0 Å². The molecule has 2 aromatic rings. The Kier molecular flexibility index (Phi) is 4.41. The summed E-state index contributed by atoms with van der Waals surface area (Å²) < 4.78 is 0. The number of nitrogens with one attached hydrogen (secondary N) is 1. The zero-order chi connectivity index (χ0) is 12.1. The summed E-state index contributed by atoms with van der Waals surface area (Å²) in [5.41, 5.74) is 1.36. The van der Waals surface area contributed by atoms with Gasteiger partial charge in [0.2, 0.25) is 0 Å². The van der Waals surface area contributed by atoms with E-state index in [1.807, 2.05) is 0 Å². The molecule has 0 saturated carbocycles. The highest BCUT2D eigenvalue weighted by Gasteiger charge is 2.07. The van der Waals surface area contributed by atoms with E-state index in [1.54, 1.807) is 0 Å². The van der Waals surface area contributed by atoms with Gasteiger partial charge in [-0.3, -0.25) is 0 Å². The van der Waals surface area contributed by atoms with Gasteiger partial charge in [0.25, 0.3) is 0 Å². The van der Waals surface area contributed by atoms with Gasteiger partial charge >= 0.3 is 0 Å². The third-order valence-electron chi connectivity index (χ3n) is 3.05. The van der Waals surface area contributed by atoms with E-state index in [9.17, 15) is 0 Å². The molecule has 0 heterocycles. The molecule has 0 fully saturated rings. The van der Waals surface area contributed by atoms with Gasteiger partial charge in [0, 0.05) is 11.9 Å². The highest BCUT2D eigenvalue weighted by molar-refractivity contribution is 6.17. The van der Waals surface area contributed by atoms with Gasteiger partial charge in [0.15, 0.2) is 0 Å². The first kappa shape index (κ1) is 12.4. The number of halogens is 1. The lowest BCUT2D eigenvalue weighted by atomic mass is 10.00. The first-order valence-electron chi connectivity index (χ1n) is 6.10. The van der Waals surface area contributed by atoms with Crippen LogP contribution in [0.15, 0.2) is 42.5 Å². The van der Waals surface area contributed by atoms with E-state index in [4.69, 9.17) is 11.6 Å². The van der Waals surface area contributed by atoms with Crippen LogP contribution in [0.1, 0.15) is 24.9 Å². The van der Waals surface area contributed by atoms with E-state index < -0.39 is 0 Å². The summed E-state index contributed by atoms with van der Waals surface area (Å²) in [5.74, 6) is 0.718. The van der Waals surface area contributed by atoms with Crippen LogP contribution in [-0.2, 0) is 0 Å². The Morgan fingerprint density at radius 1 is 1.12 bits per heavy atom. The van der Waals surface area contributed by atoms with Gasteiger partial charge in [-0.1, -0.05) is 42.5 Å². The van der Waals surface area contributed by atoms with E-state index in [2.05, 4.69) is 54.7 Å². The van der Waals surface area contributed by atoms with Gasteiger partial charge in [0.05, 0.1) is 0 Å². The predicted octanol–water partition coefficient (Wildman–Crippen LogP) is 4.12. The molecule has 1 nitrogen and oxygen atoms in total. The summed E-state index contributed by atoms with van der Waals surface area (Å²) in [4.78, 5) is 0. The molecule has 0 aliphatic rings. The van der Waals surface area contributed by atoms with E-state index in [0.717, 1.165) is 18.8 Å². The minimum absolute atomic E-state index is 0.365. The highest BCUT2D eigenvalue weighted by atomic mass is 35.5. The third-order valence-corrected chi connectivity index (χ3v) is 3.32. The van der Waals surface area contributed by atoms with Crippen LogP contribution in [-0.4, -0.2) is 12.4 Å². The summed E-state index contributed by atoms with van der Waals surface area (Å²) in [6.45, 7) is 3.17. The fraction of sp³-hybridized carbons (Fsp3) is 0.333. The lowest BCUT2D eigenvalue weighted by Crippen LogP contribution is -2.20. The molecule has 2 rings (SSSR count). The van der Waals surface area contributed by atoms with E-state index in [0.29, 0.717) is 6.04 Å². The maximum Gasteiger partial charge on any atom is 0.0297 e. The number of rotatable bonds is 5. The second-order valence-electron chi connectivity index (χ2n) is 4.29. The van der Waals surface area contributed by atoms with Gasteiger partial charge in [-0.2, -0.15) is 0 Å². The van der Waals surface area contributed by atoms with Crippen molar-refractivity contribution in [2.75, 3.05) is 12.4 Å². The smallest absolute Gasteiger partial charge is 0.0297 e.